The lowest BCUT2D eigenvalue weighted by atomic mass is 10.1. The Bertz CT molecular complexity index is 333. The maximum atomic E-state index is 10.7. The minimum Gasteiger partial charge on any atom is -0.478 e. The second kappa shape index (κ2) is 7.82. The molecule has 3 heteroatoms. The van der Waals surface area contributed by atoms with Gasteiger partial charge in [-0.2, -0.15) is 0 Å². The molecule has 0 spiro atoms. The third-order valence-corrected chi connectivity index (χ3v) is 2.91. The van der Waals surface area contributed by atoms with Crippen molar-refractivity contribution in [2.24, 2.45) is 0 Å². The molecule has 1 N–H and O–H groups in total. The molecule has 0 saturated heterocycles. The highest BCUT2D eigenvalue weighted by atomic mass is 16.4. The van der Waals surface area contributed by atoms with Crippen molar-refractivity contribution >= 4 is 5.97 Å². The summed E-state index contributed by atoms with van der Waals surface area (Å²) in [5.41, 5.74) is 0.351. The van der Waals surface area contributed by atoms with Gasteiger partial charge in [0.1, 0.15) is 6.54 Å². The summed E-state index contributed by atoms with van der Waals surface area (Å²) in [4.78, 5) is 10.7. The minimum atomic E-state index is -0.864. The molecule has 0 atom stereocenters. The predicted octanol–water partition coefficient (Wildman–Crippen LogP) is 3.03. The number of carboxylic acids is 1. The molecule has 0 fully saturated rings. The second-order valence-electron chi connectivity index (χ2n) is 4.40. The first-order valence-electron chi connectivity index (χ1n) is 6.46. The zero-order chi connectivity index (χ0) is 12.5. The predicted molar refractivity (Wildman–Crippen MR) is 67.0 cm³/mol. The summed E-state index contributed by atoms with van der Waals surface area (Å²) < 4.78 is 2.05. The number of hydrogen-bond acceptors (Lipinski definition) is 1. The van der Waals surface area contributed by atoms with Crippen molar-refractivity contribution in [2.75, 3.05) is 0 Å². The van der Waals surface area contributed by atoms with Gasteiger partial charge in [-0.05, 0) is 6.42 Å². The van der Waals surface area contributed by atoms with E-state index >= 15 is 0 Å². The molecule has 17 heavy (non-hydrogen) atoms. The molecule has 0 amide bonds. The molecule has 0 aliphatic rings. The summed E-state index contributed by atoms with van der Waals surface area (Å²) >= 11 is 0. The highest BCUT2D eigenvalue weighted by molar-refractivity contribution is 5.87. The number of aryl methyl sites for hydroxylation is 1. The monoisotopic (exact) mass is 236 g/mol. The molecule has 0 aliphatic carbocycles. The molecule has 0 unspecified atom stereocenters. The lowest BCUT2D eigenvalue weighted by Crippen LogP contribution is -2.32. The number of nitrogens with zero attached hydrogens (tertiary/aromatic N) is 1. The highest BCUT2D eigenvalue weighted by Gasteiger charge is 2.05. The third kappa shape index (κ3) is 5.48. The fraction of sp³-hybridized carbons (Fsp3) is 0.571. The average molecular weight is 236 g/mol. The van der Waals surface area contributed by atoms with E-state index in [4.69, 9.17) is 5.11 Å². The fourth-order valence-corrected chi connectivity index (χ4v) is 1.82. The number of pyridine rings is 1. The van der Waals surface area contributed by atoms with E-state index in [0.717, 1.165) is 6.54 Å². The van der Waals surface area contributed by atoms with Gasteiger partial charge in [-0.25, -0.2) is 9.36 Å². The maximum absolute atomic E-state index is 10.7. The summed E-state index contributed by atoms with van der Waals surface area (Å²) in [5.74, 6) is -0.864. The van der Waals surface area contributed by atoms with E-state index in [1.54, 1.807) is 12.1 Å². The van der Waals surface area contributed by atoms with Crippen molar-refractivity contribution in [2.45, 2.75) is 52.0 Å². The van der Waals surface area contributed by atoms with Crippen molar-refractivity contribution in [3.05, 3.63) is 30.1 Å². The first-order chi connectivity index (χ1) is 8.24. The number of hydrogen-bond donors (Lipinski definition) is 1. The number of aromatic nitrogens is 1. The van der Waals surface area contributed by atoms with E-state index in [1.807, 2.05) is 17.0 Å². The molecular weight excluding hydrogens is 214 g/mol. The Labute approximate surface area is 103 Å². The summed E-state index contributed by atoms with van der Waals surface area (Å²) in [7, 11) is 0. The van der Waals surface area contributed by atoms with Gasteiger partial charge in [0, 0.05) is 18.6 Å². The van der Waals surface area contributed by atoms with Crippen LogP contribution >= 0.6 is 0 Å². The average Bonchev–Trinajstić information content (AvgIpc) is 2.34. The number of carboxylic acid groups (broad SMARTS) is 1. The number of unbranched alkanes of at least 4 members (excludes halogenated alkanes) is 5. The van der Waals surface area contributed by atoms with Crippen molar-refractivity contribution in [3.63, 3.8) is 0 Å². The van der Waals surface area contributed by atoms with Crippen molar-refractivity contribution < 1.29 is 14.5 Å². The van der Waals surface area contributed by atoms with Gasteiger partial charge in [-0.3, -0.25) is 0 Å². The van der Waals surface area contributed by atoms with E-state index in [2.05, 4.69) is 6.92 Å². The Hall–Kier alpha value is -1.38. The smallest absolute Gasteiger partial charge is 0.336 e. The Balaban J connectivity index is 2.21. The van der Waals surface area contributed by atoms with Crippen LogP contribution < -0.4 is 4.57 Å². The Kier molecular flexibility index (Phi) is 6.30. The van der Waals surface area contributed by atoms with Crippen LogP contribution in [0.1, 0.15) is 55.8 Å². The normalized spacial score (nSPS) is 10.4. The molecule has 1 aromatic rings. The summed E-state index contributed by atoms with van der Waals surface area (Å²) in [6.45, 7) is 3.20. The molecule has 3 nitrogen and oxygen atoms in total. The first kappa shape index (κ1) is 13.7. The fourth-order valence-electron chi connectivity index (χ4n) is 1.82. The van der Waals surface area contributed by atoms with E-state index in [-0.39, 0.29) is 0 Å². The molecule has 94 valence electrons. The third-order valence-electron chi connectivity index (χ3n) is 2.91. The van der Waals surface area contributed by atoms with Crippen LogP contribution in [0.2, 0.25) is 0 Å². The Morgan fingerprint density at radius 2 is 1.71 bits per heavy atom. The molecule has 1 rings (SSSR count). The molecule has 1 aromatic heterocycles. The van der Waals surface area contributed by atoms with Crippen molar-refractivity contribution in [3.8, 4) is 0 Å². The maximum Gasteiger partial charge on any atom is 0.336 e. The molecule has 0 radical (unpaired) electrons. The van der Waals surface area contributed by atoms with Crippen LogP contribution in [0.3, 0.4) is 0 Å². The second-order valence-corrected chi connectivity index (χ2v) is 4.40. The van der Waals surface area contributed by atoms with Gasteiger partial charge in [0.25, 0.3) is 0 Å². The molecular formula is C14H22NO2+. The lowest BCUT2D eigenvalue weighted by Gasteiger charge is -1.99. The van der Waals surface area contributed by atoms with Crippen LogP contribution in [-0.4, -0.2) is 11.1 Å². The van der Waals surface area contributed by atoms with E-state index < -0.39 is 5.97 Å². The molecule has 0 saturated carbocycles. The van der Waals surface area contributed by atoms with Crippen LogP contribution in [0, 0.1) is 0 Å². The Morgan fingerprint density at radius 1 is 1.12 bits per heavy atom. The molecule has 0 aromatic carbocycles. The molecule has 1 heterocycles. The summed E-state index contributed by atoms with van der Waals surface area (Å²) in [5, 5.41) is 8.76. The largest absolute Gasteiger partial charge is 0.478 e. The number of rotatable bonds is 8. The quantitative estimate of drug-likeness (QED) is 0.557. The zero-order valence-electron chi connectivity index (χ0n) is 10.6. The molecule has 0 aliphatic heterocycles. The van der Waals surface area contributed by atoms with Crippen molar-refractivity contribution in [1.82, 2.24) is 0 Å². The van der Waals surface area contributed by atoms with Gasteiger partial charge >= 0.3 is 5.97 Å². The summed E-state index contributed by atoms with van der Waals surface area (Å²) in [6, 6.07) is 3.30. The van der Waals surface area contributed by atoms with Crippen molar-refractivity contribution in [1.29, 1.82) is 0 Å². The number of carbonyl (C=O) groups is 1. The SMILES string of the molecule is CCCCCCCC[n+]1ccc(C(=O)O)cc1. The van der Waals surface area contributed by atoms with Crippen LogP contribution in [0.5, 0.6) is 0 Å². The van der Waals surface area contributed by atoms with Gasteiger partial charge in [0.15, 0.2) is 12.4 Å². The standard InChI is InChI=1S/C14H21NO2/c1-2-3-4-5-6-7-10-15-11-8-13(9-12-15)14(16)17/h8-9,11-12H,2-7,10H2,1H3/p+1. The van der Waals surface area contributed by atoms with Gasteiger partial charge in [-0.15, -0.1) is 0 Å². The highest BCUT2D eigenvalue weighted by Crippen LogP contribution is 2.04. The lowest BCUT2D eigenvalue weighted by molar-refractivity contribution is -0.697. The van der Waals surface area contributed by atoms with Crippen LogP contribution in [0.25, 0.3) is 0 Å². The van der Waals surface area contributed by atoms with Crippen LogP contribution in [0.4, 0.5) is 0 Å². The van der Waals surface area contributed by atoms with Gasteiger partial charge in [0.2, 0.25) is 0 Å². The zero-order valence-corrected chi connectivity index (χ0v) is 10.6. The van der Waals surface area contributed by atoms with Crippen LogP contribution in [0.15, 0.2) is 24.5 Å². The van der Waals surface area contributed by atoms with E-state index in [1.165, 1.54) is 38.5 Å². The van der Waals surface area contributed by atoms with Gasteiger partial charge in [0.05, 0.1) is 5.56 Å². The van der Waals surface area contributed by atoms with Gasteiger partial charge in [-0.1, -0.05) is 32.6 Å². The minimum absolute atomic E-state index is 0.351. The van der Waals surface area contributed by atoms with E-state index in [9.17, 15) is 4.79 Å². The topological polar surface area (TPSA) is 41.2 Å². The van der Waals surface area contributed by atoms with E-state index in [0.29, 0.717) is 5.56 Å². The van der Waals surface area contributed by atoms with Gasteiger partial charge < -0.3 is 5.11 Å². The Morgan fingerprint density at radius 3 is 2.29 bits per heavy atom. The summed E-state index contributed by atoms with van der Waals surface area (Å²) in [6.07, 6.45) is 11.4. The first-order valence-corrected chi connectivity index (χ1v) is 6.46. The number of aromatic carboxylic acids is 1. The van der Waals surface area contributed by atoms with Crippen LogP contribution in [-0.2, 0) is 6.54 Å². The molecule has 0 bridgehead atoms.